The van der Waals surface area contributed by atoms with Gasteiger partial charge in [0.05, 0.1) is 5.52 Å². The highest BCUT2D eigenvalue weighted by atomic mass is 15.3. The van der Waals surface area contributed by atoms with Crippen molar-refractivity contribution in [2.45, 2.75) is 6.54 Å². The first-order valence-electron chi connectivity index (χ1n) is 9.38. The van der Waals surface area contributed by atoms with Crippen LogP contribution in [-0.2, 0) is 6.54 Å². The Morgan fingerprint density at radius 1 is 0.828 bits per heavy atom. The molecule has 0 amide bonds. The molecular weight excluding hydrogens is 360 g/mol. The lowest BCUT2D eigenvalue weighted by atomic mass is 10.2. The van der Waals surface area contributed by atoms with Crippen LogP contribution in [0.25, 0.3) is 28.1 Å². The molecule has 0 saturated heterocycles. The topological polar surface area (TPSA) is 68.5 Å². The molecule has 0 fully saturated rings. The van der Waals surface area contributed by atoms with Crippen molar-refractivity contribution in [3.05, 3.63) is 97.0 Å². The summed E-state index contributed by atoms with van der Waals surface area (Å²) >= 11 is 0. The smallest absolute Gasteiger partial charge is 0.162 e. The van der Waals surface area contributed by atoms with Gasteiger partial charge in [-0.05, 0) is 29.8 Å². The van der Waals surface area contributed by atoms with Gasteiger partial charge in [0.25, 0.3) is 0 Å². The van der Waals surface area contributed by atoms with E-state index in [-0.39, 0.29) is 0 Å². The Kier molecular flexibility index (Phi) is 4.42. The summed E-state index contributed by atoms with van der Waals surface area (Å²) in [7, 11) is 0. The van der Waals surface area contributed by atoms with E-state index in [2.05, 4.69) is 15.4 Å². The van der Waals surface area contributed by atoms with Gasteiger partial charge in [-0.1, -0.05) is 48.5 Å². The minimum absolute atomic E-state index is 0.613. The molecule has 6 nitrogen and oxygen atoms in total. The molecular formula is C23H18N6. The lowest BCUT2D eigenvalue weighted by Crippen LogP contribution is -2.05. The minimum atomic E-state index is 0.613. The number of fused-ring (bicyclic) bond motifs is 1. The second kappa shape index (κ2) is 7.52. The van der Waals surface area contributed by atoms with Crippen LogP contribution >= 0.6 is 0 Å². The Bertz CT molecular complexity index is 1230. The molecule has 3 aromatic heterocycles. The Labute approximate surface area is 167 Å². The van der Waals surface area contributed by atoms with E-state index in [1.54, 1.807) is 10.9 Å². The van der Waals surface area contributed by atoms with Gasteiger partial charge in [-0.25, -0.2) is 19.6 Å². The van der Waals surface area contributed by atoms with Crippen LogP contribution in [0, 0.1) is 0 Å². The molecule has 140 valence electrons. The number of nitrogens with zero attached hydrogens (tertiary/aromatic N) is 5. The predicted octanol–water partition coefficient (Wildman–Crippen LogP) is 4.49. The van der Waals surface area contributed by atoms with Gasteiger partial charge in [0.2, 0.25) is 0 Å². The molecule has 0 radical (unpaired) electrons. The molecule has 5 aromatic rings. The van der Waals surface area contributed by atoms with E-state index >= 15 is 0 Å². The molecule has 6 heteroatoms. The third-order valence-corrected chi connectivity index (χ3v) is 4.64. The van der Waals surface area contributed by atoms with Gasteiger partial charge in [-0.3, -0.25) is 0 Å². The maximum absolute atomic E-state index is 4.79. The molecule has 0 atom stereocenters. The van der Waals surface area contributed by atoms with E-state index in [4.69, 9.17) is 9.97 Å². The lowest BCUT2D eigenvalue weighted by Gasteiger charge is -2.11. The highest BCUT2D eigenvalue weighted by Gasteiger charge is 2.09. The number of para-hydroxylation sites is 1. The Hall–Kier alpha value is -4.06. The standard InChI is InChI=1S/C23H18N6/c1-2-7-18(8-3-1)22-27-20-10-5-4-9-19(20)23(28-22)25-16-17-11-12-21(24-15-17)29-14-6-13-26-29/h1-15H,16H2,(H,25,27,28). The Morgan fingerprint density at radius 2 is 1.69 bits per heavy atom. The number of hydrogen-bond acceptors (Lipinski definition) is 5. The van der Waals surface area contributed by atoms with E-state index in [1.807, 2.05) is 85.2 Å². The molecule has 0 saturated carbocycles. The van der Waals surface area contributed by atoms with Crippen molar-refractivity contribution in [3.8, 4) is 17.2 Å². The van der Waals surface area contributed by atoms with Crippen molar-refractivity contribution >= 4 is 16.7 Å². The summed E-state index contributed by atoms with van der Waals surface area (Å²) in [6, 6.07) is 23.9. The fourth-order valence-corrected chi connectivity index (χ4v) is 3.17. The predicted molar refractivity (Wildman–Crippen MR) is 114 cm³/mol. The van der Waals surface area contributed by atoms with Gasteiger partial charge in [0.1, 0.15) is 5.82 Å². The number of nitrogens with one attached hydrogen (secondary N) is 1. The van der Waals surface area contributed by atoms with Crippen LogP contribution < -0.4 is 5.32 Å². The van der Waals surface area contributed by atoms with E-state index in [1.165, 1.54) is 0 Å². The molecule has 0 aliphatic heterocycles. The molecule has 1 N–H and O–H groups in total. The first kappa shape index (κ1) is 17.1. The van der Waals surface area contributed by atoms with Crippen LogP contribution in [0.4, 0.5) is 5.82 Å². The van der Waals surface area contributed by atoms with E-state index in [0.29, 0.717) is 12.4 Å². The van der Waals surface area contributed by atoms with E-state index in [0.717, 1.165) is 33.7 Å². The molecule has 0 bridgehead atoms. The van der Waals surface area contributed by atoms with Crippen molar-refractivity contribution in [1.29, 1.82) is 0 Å². The SMILES string of the molecule is c1ccc(-c2nc(NCc3ccc(-n4cccn4)nc3)c3ccccc3n2)cc1. The Morgan fingerprint density at radius 3 is 2.48 bits per heavy atom. The summed E-state index contributed by atoms with van der Waals surface area (Å²) in [4.78, 5) is 14.0. The fraction of sp³-hybridized carbons (Fsp3) is 0.0435. The highest BCUT2D eigenvalue weighted by molar-refractivity contribution is 5.90. The summed E-state index contributed by atoms with van der Waals surface area (Å²) in [6.45, 7) is 0.613. The molecule has 2 aromatic carbocycles. The lowest BCUT2D eigenvalue weighted by molar-refractivity contribution is 0.843. The first-order chi connectivity index (χ1) is 14.4. The molecule has 0 aliphatic carbocycles. The maximum Gasteiger partial charge on any atom is 0.162 e. The van der Waals surface area contributed by atoms with Crippen LogP contribution in [0.1, 0.15) is 5.56 Å². The summed E-state index contributed by atoms with van der Waals surface area (Å²) in [6.07, 6.45) is 5.46. The number of rotatable bonds is 5. The molecule has 0 aliphatic rings. The van der Waals surface area contributed by atoms with Gasteiger partial charge in [0, 0.05) is 36.1 Å². The van der Waals surface area contributed by atoms with Crippen molar-refractivity contribution in [1.82, 2.24) is 24.7 Å². The largest absolute Gasteiger partial charge is 0.365 e. The minimum Gasteiger partial charge on any atom is -0.365 e. The van der Waals surface area contributed by atoms with Crippen LogP contribution in [-0.4, -0.2) is 24.7 Å². The van der Waals surface area contributed by atoms with Crippen molar-refractivity contribution in [2.75, 3.05) is 5.32 Å². The summed E-state index contributed by atoms with van der Waals surface area (Å²) in [5, 5.41) is 8.65. The van der Waals surface area contributed by atoms with Crippen molar-refractivity contribution < 1.29 is 0 Å². The summed E-state index contributed by atoms with van der Waals surface area (Å²) < 4.78 is 1.74. The number of hydrogen-bond donors (Lipinski definition) is 1. The molecule has 5 rings (SSSR count). The number of aromatic nitrogens is 5. The van der Waals surface area contributed by atoms with Gasteiger partial charge in [-0.15, -0.1) is 0 Å². The summed E-state index contributed by atoms with van der Waals surface area (Å²) in [5.74, 6) is 2.31. The van der Waals surface area contributed by atoms with Gasteiger partial charge in [0.15, 0.2) is 11.6 Å². The average molecular weight is 378 g/mol. The molecule has 0 unspecified atom stereocenters. The monoisotopic (exact) mass is 378 g/mol. The van der Waals surface area contributed by atoms with Crippen molar-refractivity contribution in [3.63, 3.8) is 0 Å². The van der Waals surface area contributed by atoms with E-state index in [9.17, 15) is 0 Å². The number of pyridine rings is 1. The molecule has 3 heterocycles. The zero-order chi connectivity index (χ0) is 19.5. The second-order valence-electron chi connectivity index (χ2n) is 6.61. The maximum atomic E-state index is 4.79. The quantitative estimate of drug-likeness (QED) is 0.488. The first-order valence-corrected chi connectivity index (χ1v) is 9.38. The number of benzene rings is 2. The highest BCUT2D eigenvalue weighted by Crippen LogP contribution is 2.25. The van der Waals surface area contributed by atoms with Gasteiger partial charge < -0.3 is 5.32 Å². The van der Waals surface area contributed by atoms with Crippen LogP contribution in [0.15, 0.2) is 91.4 Å². The van der Waals surface area contributed by atoms with E-state index < -0.39 is 0 Å². The fourth-order valence-electron chi connectivity index (χ4n) is 3.17. The zero-order valence-corrected chi connectivity index (χ0v) is 15.6. The molecule has 0 spiro atoms. The van der Waals surface area contributed by atoms with Crippen LogP contribution in [0.3, 0.4) is 0 Å². The normalized spacial score (nSPS) is 10.9. The van der Waals surface area contributed by atoms with Crippen molar-refractivity contribution in [2.24, 2.45) is 0 Å². The second-order valence-corrected chi connectivity index (χ2v) is 6.61. The molecule has 29 heavy (non-hydrogen) atoms. The van der Waals surface area contributed by atoms with Gasteiger partial charge in [-0.2, -0.15) is 5.10 Å². The number of anilines is 1. The third-order valence-electron chi connectivity index (χ3n) is 4.64. The van der Waals surface area contributed by atoms with Crippen LogP contribution in [0.2, 0.25) is 0 Å². The third kappa shape index (κ3) is 3.55. The summed E-state index contributed by atoms with van der Waals surface area (Å²) in [5.41, 5.74) is 2.97. The average Bonchev–Trinajstić information content (AvgIpc) is 3.33. The van der Waals surface area contributed by atoms with Crippen LogP contribution in [0.5, 0.6) is 0 Å². The van der Waals surface area contributed by atoms with Gasteiger partial charge >= 0.3 is 0 Å². The zero-order valence-electron chi connectivity index (χ0n) is 15.6. The Balaban J connectivity index is 1.44.